The van der Waals surface area contributed by atoms with Crippen LogP contribution in [0, 0.1) is 5.92 Å². The smallest absolute Gasteiger partial charge is 0.168 e. The van der Waals surface area contributed by atoms with Gasteiger partial charge >= 0.3 is 0 Å². The van der Waals surface area contributed by atoms with Crippen molar-refractivity contribution in [3.8, 4) is 0 Å². The number of halogens is 1. The Bertz CT molecular complexity index is 1460. The van der Waals surface area contributed by atoms with Gasteiger partial charge in [-0.25, -0.2) is 0 Å². The third kappa shape index (κ3) is 7.99. The first kappa shape index (κ1) is 31.5. The monoisotopic (exact) mass is 612 g/mol. The van der Waals surface area contributed by atoms with E-state index in [0.717, 1.165) is 35.1 Å². The van der Waals surface area contributed by atoms with Crippen molar-refractivity contribution in [3.05, 3.63) is 142 Å². The quantitative estimate of drug-likeness (QED) is 0.149. The summed E-state index contributed by atoms with van der Waals surface area (Å²) in [6.07, 6.45) is 1.98. The summed E-state index contributed by atoms with van der Waals surface area (Å²) in [6.45, 7) is 7.67. The fourth-order valence-electron chi connectivity index (χ4n) is 5.88. The van der Waals surface area contributed by atoms with Crippen molar-refractivity contribution in [2.24, 2.45) is 5.92 Å². The van der Waals surface area contributed by atoms with Gasteiger partial charge in [-0.3, -0.25) is 4.79 Å². The summed E-state index contributed by atoms with van der Waals surface area (Å²) >= 11 is 8.60. The highest BCUT2D eigenvalue weighted by atomic mass is 35.5. The molecule has 0 spiro atoms. The molecule has 0 aromatic heterocycles. The Morgan fingerprint density at radius 2 is 1.33 bits per heavy atom. The van der Waals surface area contributed by atoms with E-state index in [1.807, 2.05) is 72.4 Å². The first-order valence-electron chi connectivity index (χ1n) is 15.3. The summed E-state index contributed by atoms with van der Waals surface area (Å²) in [5.41, 5.74) is 6.14. The highest BCUT2D eigenvalue weighted by molar-refractivity contribution is 8.00. The van der Waals surface area contributed by atoms with Gasteiger partial charge in [-0.15, -0.1) is 11.8 Å². The third-order valence-corrected chi connectivity index (χ3v) is 10.7. The molecule has 1 fully saturated rings. The van der Waals surface area contributed by atoms with E-state index in [-0.39, 0.29) is 29.2 Å². The molecular formula is C38H41ClO3S. The summed E-state index contributed by atoms with van der Waals surface area (Å²) in [5, 5.41) is 0.853. The van der Waals surface area contributed by atoms with E-state index in [1.165, 1.54) is 5.56 Å². The lowest BCUT2D eigenvalue weighted by atomic mass is 9.89. The predicted octanol–water partition coefficient (Wildman–Crippen LogP) is 9.70. The average Bonchev–Trinajstić information content (AvgIpc) is 3.05. The molecule has 1 aliphatic heterocycles. The lowest BCUT2D eigenvalue weighted by Gasteiger charge is -2.45. The van der Waals surface area contributed by atoms with Crippen LogP contribution in [-0.2, 0) is 35.5 Å². The number of ketones is 1. The summed E-state index contributed by atoms with van der Waals surface area (Å²) in [4.78, 5) is 13.6. The summed E-state index contributed by atoms with van der Waals surface area (Å²) in [7, 11) is 0. The predicted molar refractivity (Wildman–Crippen MR) is 179 cm³/mol. The van der Waals surface area contributed by atoms with E-state index in [2.05, 4.69) is 63.2 Å². The standard InChI is InChI=1S/C38H41ClO3S/c1-4-27-16-18-28(19-17-27)22-34(40)32-23-31(20-21-33(32)39)38-37(42-25-30-14-10-7-11-15-30)36(26(3)35(5-2)43-38)41-24-29-12-8-6-9-13-29/h6-21,23,26,35-38H,4-5,22,24-25H2,1-3H3/t26-,35-,36+,37-,38+/m1/s1. The van der Waals surface area contributed by atoms with Crippen LogP contribution in [0.25, 0.3) is 0 Å². The number of ether oxygens (including phenoxy) is 2. The van der Waals surface area contributed by atoms with Crippen LogP contribution in [0.2, 0.25) is 5.02 Å². The number of Topliss-reactive ketones (excluding diaryl/α,β-unsaturated/α-hetero) is 1. The molecule has 1 saturated heterocycles. The maximum atomic E-state index is 13.6. The zero-order valence-electron chi connectivity index (χ0n) is 25.2. The lowest BCUT2D eigenvalue weighted by molar-refractivity contribution is -0.112. The normalized spacial score (nSPS) is 21.9. The van der Waals surface area contributed by atoms with Gasteiger partial charge in [0.2, 0.25) is 0 Å². The van der Waals surface area contributed by atoms with Crippen molar-refractivity contribution in [2.45, 2.75) is 76.0 Å². The van der Waals surface area contributed by atoms with Gasteiger partial charge in [0.15, 0.2) is 5.78 Å². The largest absolute Gasteiger partial charge is 0.370 e. The second kappa shape index (κ2) is 15.2. The Balaban J connectivity index is 1.45. The van der Waals surface area contributed by atoms with Gasteiger partial charge in [0.25, 0.3) is 0 Å². The minimum Gasteiger partial charge on any atom is -0.370 e. The zero-order chi connectivity index (χ0) is 30.2. The molecule has 0 saturated carbocycles. The van der Waals surface area contributed by atoms with Crippen molar-refractivity contribution < 1.29 is 14.3 Å². The molecule has 1 heterocycles. The van der Waals surface area contributed by atoms with Crippen LogP contribution < -0.4 is 0 Å². The Morgan fingerprint density at radius 3 is 1.91 bits per heavy atom. The molecular weight excluding hydrogens is 572 g/mol. The van der Waals surface area contributed by atoms with Crippen LogP contribution in [0.4, 0.5) is 0 Å². The maximum absolute atomic E-state index is 13.6. The minimum atomic E-state index is -0.211. The third-order valence-electron chi connectivity index (χ3n) is 8.44. The fourth-order valence-corrected chi connectivity index (χ4v) is 7.76. The number of benzene rings is 4. The van der Waals surface area contributed by atoms with Gasteiger partial charge in [0.05, 0.1) is 29.6 Å². The molecule has 1 aliphatic rings. The van der Waals surface area contributed by atoms with Crippen molar-refractivity contribution >= 4 is 29.1 Å². The lowest BCUT2D eigenvalue weighted by Crippen LogP contribution is -2.48. The van der Waals surface area contributed by atoms with Crippen LogP contribution in [0.3, 0.4) is 0 Å². The molecule has 0 amide bonds. The SMILES string of the molecule is CCc1ccc(CC(=O)c2cc([C@@H]3S[C@H](CC)[C@@H](C)[C@H](OCc4ccccc4)[C@H]3OCc3ccccc3)ccc2Cl)cc1. The molecule has 5 rings (SSSR count). The van der Waals surface area contributed by atoms with Crippen molar-refractivity contribution in [1.82, 2.24) is 0 Å². The van der Waals surface area contributed by atoms with Gasteiger partial charge in [-0.1, -0.05) is 123 Å². The van der Waals surface area contributed by atoms with Crippen LogP contribution in [0.15, 0.2) is 103 Å². The molecule has 0 radical (unpaired) electrons. The number of hydrogen-bond acceptors (Lipinski definition) is 4. The van der Waals surface area contributed by atoms with Crippen LogP contribution >= 0.6 is 23.4 Å². The number of rotatable bonds is 12. The second-order valence-corrected chi connectivity index (χ2v) is 13.2. The van der Waals surface area contributed by atoms with Gasteiger partial charge in [0, 0.05) is 17.2 Å². The van der Waals surface area contributed by atoms with Crippen LogP contribution in [0.5, 0.6) is 0 Å². The molecule has 43 heavy (non-hydrogen) atoms. The van der Waals surface area contributed by atoms with Crippen molar-refractivity contribution in [2.75, 3.05) is 0 Å². The zero-order valence-corrected chi connectivity index (χ0v) is 26.8. The van der Waals surface area contributed by atoms with E-state index >= 15 is 0 Å². The molecule has 3 nitrogen and oxygen atoms in total. The number of aryl methyl sites for hydroxylation is 1. The minimum absolute atomic E-state index is 0.0155. The Labute approximate surface area is 266 Å². The molecule has 4 aromatic carbocycles. The molecule has 5 heteroatoms. The van der Waals surface area contributed by atoms with Crippen LogP contribution in [-0.4, -0.2) is 23.2 Å². The average molecular weight is 613 g/mol. The van der Waals surface area contributed by atoms with E-state index in [0.29, 0.717) is 35.5 Å². The summed E-state index contributed by atoms with van der Waals surface area (Å²) < 4.78 is 13.5. The number of hydrogen-bond donors (Lipinski definition) is 0. The molecule has 0 bridgehead atoms. The van der Waals surface area contributed by atoms with Crippen LogP contribution in [0.1, 0.15) is 70.6 Å². The van der Waals surface area contributed by atoms with E-state index < -0.39 is 0 Å². The Morgan fingerprint density at radius 1 is 0.744 bits per heavy atom. The topological polar surface area (TPSA) is 35.5 Å². The fraction of sp³-hybridized carbons (Fsp3) is 0.342. The molecule has 0 N–H and O–H groups in total. The number of carbonyl (C=O) groups excluding carboxylic acids is 1. The molecule has 5 atom stereocenters. The first-order valence-corrected chi connectivity index (χ1v) is 16.7. The first-order chi connectivity index (χ1) is 21.0. The summed E-state index contributed by atoms with van der Waals surface area (Å²) in [5.74, 6) is 0.311. The van der Waals surface area contributed by atoms with Gasteiger partial charge in [0.1, 0.15) is 6.10 Å². The summed E-state index contributed by atoms with van der Waals surface area (Å²) in [6, 6.07) is 34.8. The van der Waals surface area contributed by atoms with Gasteiger partial charge < -0.3 is 9.47 Å². The van der Waals surface area contributed by atoms with Crippen molar-refractivity contribution in [3.63, 3.8) is 0 Å². The highest BCUT2D eigenvalue weighted by Crippen LogP contribution is 2.49. The van der Waals surface area contributed by atoms with E-state index in [9.17, 15) is 4.79 Å². The molecule has 0 aliphatic carbocycles. The molecule has 0 unspecified atom stereocenters. The highest BCUT2D eigenvalue weighted by Gasteiger charge is 2.45. The maximum Gasteiger partial charge on any atom is 0.168 e. The number of carbonyl (C=O) groups is 1. The molecule has 224 valence electrons. The van der Waals surface area contributed by atoms with Crippen molar-refractivity contribution in [1.29, 1.82) is 0 Å². The van der Waals surface area contributed by atoms with Gasteiger partial charge in [-0.05, 0) is 58.7 Å². The Kier molecular flexibility index (Phi) is 11.2. The number of thioether (sulfide) groups is 1. The van der Waals surface area contributed by atoms with E-state index in [1.54, 1.807) is 0 Å². The van der Waals surface area contributed by atoms with E-state index in [4.69, 9.17) is 21.1 Å². The van der Waals surface area contributed by atoms with Gasteiger partial charge in [-0.2, -0.15) is 0 Å². The second-order valence-electron chi connectivity index (χ2n) is 11.4. The Hall–Kier alpha value is -2.89. The molecule has 4 aromatic rings.